The summed E-state index contributed by atoms with van der Waals surface area (Å²) < 4.78 is 2.15. The first-order valence-electron chi connectivity index (χ1n) is 5.65. The van der Waals surface area contributed by atoms with E-state index in [0.717, 1.165) is 12.1 Å². The number of hydrogen-bond donors (Lipinski definition) is 0. The van der Waals surface area contributed by atoms with Gasteiger partial charge in [0.15, 0.2) is 18.9 Å². The number of nitrogens with zero attached hydrogens (tertiary/aromatic N) is 1. The Labute approximate surface area is 102 Å². The molecule has 1 aromatic heterocycles. The monoisotopic (exact) mass is 222 g/mol. The lowest BCUT2D eigenvalue weighted by Gasteiger charge is -2.02. The van der Waals surface area contributed by atoms with Crippen molar-refractivity contribution in [3.8, 4) is 0 Å². The predicted molar refractivity (Wildman–Crippen MR) is 72.4 cm³/mol. The lowest BCUT2D eigenvalue weighted by atomic mass is 10.1. The fraction of sp³-hybridized carbons (Fsp3) is 0.0625. The molecule has 1 heteroatoms. The van der Waals surface area contributed by atoms with Crippen molar-refractivity contribution in [3.63, 3.8) is 0 Å². The summed E-state index contributed by atoms with van der Waals surface area (Å²) in [6, 6.07) is 12.4. The van der Waals surface area contributed by atoms with Gasteiger partial charge in [-0.25, -0.2) is 4.57 Å². The van der Waals surface area contributed by atoms with Crippen LogP contribution in [0.25, 0.3) is 12.2 Å². The number of aromatic nitrogens is 1. The fourth-order valence-corrected chi connectivity index (χ4v) is 1.78. The van der Waals surface area contributed by atoms with Crippen molar-refractivity contribution in [3.05, 3.63) is 78.6 Å². The first-order chi connectivity index (χ1) is 8.33. The van der Waals surface area contributed by atoms with Gasteiger partial charge in [0.1, 0.15) is 0 Å². The second kappa shape index (κ2) is 5.26. The molecule has 0 spiro atoms. The van der Waals surface area contributed by atoms with Gasteiger partial charge in [-0.15, -0.1) is 0 Å². The first-order valence-corrected chi connectivity index (χ1v) is 5.65. The molecule has 0 unspecified atom stereocenters. The van der Waals surface area contributed by atoms with Crippen molar-refractivity contribution in [2.75, 3.05) is 0 Å². The number of hydrogen-bond acceptors (Lipinski definition) is 0. The van der Waals surface area contributed by atoms with E-state index in [9.17, 15) is 0 Å². The second-order valence-corrected chi connectivity index (χ2v) is 3.91. The molecule has 0 saturated heterocycles. The molecule has 0 aliphatic carbocycles. The van der Waals surface area contributed by atoms with E-state index < -0.39 is 0 Å². The molecule has 2 rings (SSSR count). The Morgan fingerprint density at radius 3 is 2.29 bits per heavy atom. The van der Waals surface area contributed by atoms with Crippen molar-refractivity contribution >= 4 is 12.2 Å². The highest BCUT2D eigenvalue weighted by Crippen LogP contribution is 2.09. The van der Waals surface area contributed by atoms with E-state index in [1.165, 1.54) is 11.1 Å². The van der Waals surface area contributed by atoms with Gasteiger partial charge in [-0.1, -0.05) is 49.6 Å². The molecule has 1 nitrogen and oxygen atoms in total. The molecule has 0 aliphatic heterocycles. The van der Waals surface area contributed by atoms with Gasteiger partial charge in [0.05, 0.1) is 0 Å². The van der Waals surface area contributed by atoms with Crippen LogP contribution in [-0.2, 0) is 6.54 Å². The minimum atomic E-state index is 0.861. The van der Waals surface area contributed by atoms with E-state index in [0.29, 0.717) is 0 Å². The van der Waals surface area contributed by atoms with E-state index in [1.54, 1.807) is 0 Å². The Morgan fingerprint density at radius 2 is 1.65 bits per heavy atom. The highest BCUT2D eigenvalue weighted by atomic mass is 14.9. The van der Waals surface area contributed by atoms with Crippen LogP contribution in [0.5, 0.6) is 0 Å². The molecule has 0 atom stereocenters. The van der Waals surface area contributed by atoms with E-state index in [4.69, 9.17) is 0 Å². The molecular weight excluding hydrogens is 206 g/mol. The van der Waals surface area contributed by atoms with Gasteiger partial charge >= 0.3 is 0 Å². The summed E-state index contributed by atoms with van der Waals surface area (Å²) in [6.45, 7) is 8.45. The van der Waals surface area contributed by atoms with Crippen molar-refractivity contribution in [1.82, 2.24) is 0 Å². The summed E-state index contributed by atoms with van der Waals surface area (Å²) in [7, 11) is 0. The Hall–Kier alpha value is -2.15. The Balaban J connectivity index is 2.24. The third kappa shape index (κ3) is 2.70. The smallest absolute Gasteiger partial charge is 0.174 e. The number of pyridine rings is 1. The fourth-order valence-electron chi connectivity index (χ4n) is 1.78. The zero-order valence-corrected chi connectivity index (χ0v) is 9.84. The van der Waals surface area contributed by atoms with Crippen LogP contribution in [0.1, 0.15) is 16.7 Å². The molecule has 1 heterocycles. The van der Waals surface area contributed by atoms with Gasteiger partial charge in [0.2, 0.25) is 0 Å². The zero-order valence-electron chi connectivity index (χ0n) is 9.84. The molecule has 0 radical (unpaired) electrons. The highest BCUT2D eigenvalue weighted by molar-refractivity contribution is 5.51. The lowest BCUT2D eigenvalue weighted by Crippen LogP contribution is -2.33. The van der Waals surface area contributed by atoms with Gasteiger partial charge < -0.3 is 0 Å². The van der Waals surface area contributed by atoms with Crippen LogP contribution in [-0.4, -0.2) is 0 Å². The van der Waals surface area contributed by atoms with Crippen LogP contribution in [0, 0.1) is 0 Å². The van der Waals surface area contributed by atoms with Gasteiger partial charge in [-0.05, 0) is 11.1 Å². The topological polar surface area (TPSA) is 3.88 Å². The maximum atomic E-state index is 3.84. The molecule has 0 saturated carbocycles. The van der Waals surface area contributed by atoms with Crippen molar-refractivity contribution < 1.29 is 4.57 Å². The minimum absolute atomic E-state index is 0.861. The van der Waals surface area contributed by atoms with Gasteiger partial charge in [0, 0.05) is 17.7 Å². The van der Waals surface area contributed by atoms with Crippen molar-refractivity contribution in [2.45, 2.75) is 6.54 Å². The normalized spacial score (nSPS) is 9.88. The summed E-state index contributed by atoms with van der Waals surface area (Å²) >= 11 is 0. The van der Waals surface area contributed by atoms with Crippen molar-refractivity contribution in [1.29, 1.82) is 0 Å². The maximum Gasteiger partial charge on any atom is 0.174 e. The molecule has 0 bridgehead atoms. The molecule has 84 valence electrons. The SMILES string of the molecule is C=Cc1cc[n+](Cc2ccccc2C=C)cc1. The maximum absolute atomic E-state index is 3.84. The largest absolute Gasteiger partial charge is 0.201 e. The van der Waals surface area contributed by atoms with Gasteiger partial charge in [0.25, 0.3) is 0 Å². The third-order valence-corrected chi connectivity index (χ3v) is 2.78. The Bertz CT molecular complexity index is 523. The molecule has 2 aromatic rings. The minimum Gasteiger partial charge on any atom is -0.201 e. The second-order valence-electron chi connectivity index (χ2n) is 3.91. The zero-order chi connectivity index (χ0) is 12.1. The lowest BCUT2D eigenvalue weighted by molar-refractivity contribution is -0.688. The quantitative estimate of drug-likeness (QED) is 0.699. The molecule has 0 amide bonds. The summed E-state index contributed by atoms with van der Waals surface area (Å²) in [4.78, 5) is 0. The van der Waals surface area contributed by atoms with E-state index in [-0.39, 0.29) is 0 Å². The van der Waals surface area contributed by atoms with Crippen LogP contribution in [0.2, 0.25) is 0 Å². The van der Waals surface area contributed by atoms with Crippen molar-refractivity contribution in [2.24, 2.45) is 0 Å². The molecule has 17 heavy (non-hydrogen) atoms. The number of rotatable bonds is 4. The first kappa shape index (κ1) is 11.3. The summed E-state index contributed by atoms with van der Waals surface area (Å²) in [6.07, 6.45) is 7.88. The van der Waals surface area contributed by atoms with Crippen LogP contribution in [0.15, 0.2) is 61.9 Å². The Kier molecular flexibility index (Phi) is 3.51. The summed E-state index contributed by atoms with van der Waals surface area (Å²) in [5.41, 5.74) is 3.60. The third-order valence-electron chi connectivity index (χ3n) is 2.78. The van der Waals surface area contributed by atoms with Crippen LogP contribution >= 0.6 is 0 Å². The predicted octanol–water partition coefficient (Wildman–Crippen LogP) is 3.31. The average Bonchev–Trinajstić information content (AvgIpc) is 2.40. The summed E-state index contributed by atoms with van der Waals surface area (Å²) in [5.74, 6) is 0. The molecular formula is C16H16N+. The van der Waals surface area contributed by atoms with E-state index in [1.807, 2.05) is 18.2 Å². The van der Waals surface area contributed by atoms with E-state index >= 15 is 0 Å². The molecule has 0 aliphatic rings. The van der Waals surface area contributed by atoms with Crippen LogP contribution in [0.4, 0.5) is 0 Å². The summed E-state index contributed by atoms with van der Waals surface area (Å²) in [5, 5.41) is 0. The number of benzene rings is 1. The molecule has 0 N–H and O–H groups in total. The van der Waals surface area contributed by atoms with Crippen LogP contribution < -0.4 is 4.57 Å². The van der Waals surface area contributed by atoms with E-state index in [2.05, 4.69) is 60.5 Å². The standard InChI is InChI=1S/C16H16N/c1-3-14-9-11-17(12-10-14)13-16-8-6-5-7-15(16)4-2/h3-12H,1-2,13H2/q+1. The Morgan fingerprint density at radius 1 is 0.941 bits per heavy atom. The van der Waals surface area contributed by atoms with Gasteiger partial charge in [-0.3, -0.25) is 0 Å². The van der Waals surface area contributed by atoms with Gasteiger partial charge in [-0.2, -0.15) is 0 Å². The molecule has 1 aromatic carbocycles. The highest BCUT2D eigenvalue weighted by Gasteiger charge is 2.04. The van der Waals surface area contributed by atoms with Crippen LogP contribution in [0.3, 0.4) is 0 Å². The average molecular weight is 222 g/mol. The molecule has 0 fully saturated rings.